The summed E-state index contributed by atoms with van der Waals surface area (Å²) in [7, 11) is 0. The van der Waals surface area contributed by atoms with Gasteiger partial charge in [-0.2, -0.15) is 5.10 Å². The topological polar surface area (TPSA) is 101 Å². The predicted molar refractivity (Wildman–Crippen MR) is 135 cm³/mol. The minimum atomic E-state index is -0.960. The second-order valence-electron chi connectivity index (χ2n) is 8.56. The van der Waals surface area contributed by atoms with Crippen molar-refractivity contribution in [1.82, 2.24) is 19.7 Å². The molecule has 0 radical (unpaired) electrons. The number of aryl methyl sites for hydroxylation is 1. The summed E-state index contributed by atoms with van der Waals surface area (Å²) in [6, 6.07) is 24.7. The van der Waals surface area contributed by atoms with Gasteiger partial charge in [0.25, 0.3) is 5.56 Å². The molecule has 0 aliphatic carbocycles. The Hall–Kier alpha value is -4.52. The second kappa shape index (κ2) is 9.02. The number of aromatic nitrogens is 4. The zero-order chi connectivity index (χ0) is 24.5. The molecule has 0 saturated heterocycles. The minimum absolute atomic E-state index is 0.0353. The fourth-order valence-corrected chi connectivity index (χ4v) is 4.48. The van der Waals surface area contributed by atoms with Crippen molar-refractivity contribution in [2.24, 2.45) is 0 Å². The van der Waals surface area contributed by atoms with Gasteiger partial charge in [0.15, 0.2) is 0 Å². The largest absolute Gasteiger partial charge is 0.478 e. The van der Waals surface area contributed by atoms with E-state index in [2.05, 4.69) is 17.1 Å². The van der Waals surface area contributed by atoms with Crippen LogP contribution in [-0.2, 0) is 6.54 Å². The summed E-state index contributed by atoms with van der Waals surface area (Å²) >= 11 is 0. The van der Waals surface area contributed by atoms with Gasteiger partial charge in [-0.15, -0.1) is 0 Å². The lowest BCUT2D eigenvalue weighted by molar-refractivity contribution is 0.0697. The van der Waals surface area contributed by atoms with Gasteiger partial charge in [-0.1, -0.05) is 79.7 Å². The fraction of sp³-hybridized carbons (Fsp3) is 0.143. The van der Waals surface area contributed by atoms with E-state index in [0.29, 0.717) is 23.1 Å². The lowest BCUT2D eigenvalue weighted by atomic mass is 9.97. The average Bonchev–Trinajstić information content (AvgIpc) is 3.21. The van der Waals surface area contributed by atoms with Gasteiger partial charge >= 0.3 is 5.97 Å². The number of carboxylic acid groups (broad SMARTS) is 1. The Bertz CT molecular complexity index is 1580. The van der Waals surface area contributed by atoms with Crippen LogP contribution in [0.1, 0.15) is 45.8 Å². The van der Waals surface area contributed by atoms with E-state index in [4.69, 9.17) is 4.98 Å². The Kier molecular flexibility index (Phi) is 5.74. The molecular weight excluding hydrogens is 440 g/mol. The van der Waals surface area contributed by atoms with Crippen LogP contribution in [0.5, 0.6) is 0 Å². The molecule has 3 aromatic carbocycles. The molecule has 5 rings (SSSR count). The second-order valence-corrected chi connectivity index (χ2v) is 8.56. The van der Waals surface area contributed by atoms with Crippen LogP contribution in [0.4, 0.5) is 0 Å². The summed E-state index contributed by atoms with van der Waals surface area (Å²) in [4.78, 5) is 29.1. The minimum Gasteiger partial charge on any atom is -0.478 e. The number of hydrogen-bond acceptors (Lipinski definition) is 4. The van der Waals surface area contributed by atoms with E-state index in [1.165, 1.54) is 0 Å². The molecule has 7 nitrogen and oxygen atoms in total. The molecule has 5 aromatic rings. The van der Waals surface area contributed by atoms with Crippen LogP contribution in [-0.4, -0.2) is 30.8 Å². The van der Waals surface area contributed by atoms with Crippen LogP contribution in [0.3, 0.4) is 0 Å². The maximum atomic E-state index is 12.8. The van der Waals surface area contributed by atoms with Crippen molar-refractivity contribution in [2.45, 2.75) is 26.3 Å². The third-order valence-corrected chi connectivity index (χ3v) is 6.37. The number of nitrogens with zero attached hydrogens (tertiary/aromatic N) is 3. The van der Waals surface area contributed by atoms with Crippen LogP contribution < -0.4 is 5.56 Å². The number of fused-ring (bicyclic) bond motifs is 1. The van der Waals surface area contributed by atoms with Gasteiger partial charge in [0, 0.05) is 12.5 Å². The number of imidazole rings is 1. The summed E-state index contributed by atoms with van der Waals surface area (Å²) in [5, 5.41) is 16.5. The lowest BCUT2D eigenvalue weighted by Crippen LogP contribution is -2.16. The smallest absolute Gasteiger partial charge is 0.336 e. The standard InChI is InChI=1S/C28H24N4O3/c1-17(20-8-4-3-5-9-20)24-25-26(27(33)31-30-24)32(18(2)29-25)16-19-12-14-21(15-13-19)22-10-6-7-11-23(22)28(34)35/h3-15,17H,16H2,1-2H3,(H,31,33)(H,34,35). The molecule has 35 heavy (non-hydrogen) atoms. The number of hydrogen-bond donors (Lipinski definition) is 2. The first-order valence-electron chi connectivity index (χ1n) is 11.4. The summed E-state index contributed by atoms with van der Waals surface area (Å²) < 4.78 is 1.90. The molecule has 174 valence electrons. The molecule has 0 saturated carbocycles. The highest BCUT2D eigenvalue weighted by Gasteiger charge is 2.21. The summed E-state index contributed by atoms with van der Waals surface area (Å²) in [6.07, 6.45) is 0. The molecule has 0 bridgehead atoms. The van der Waals surface area contributed by atoms with Crippen LogP contribution in [0, 0.1) is 6.92 Å². The van der Waals surface area contributed by atoms with Crippen LogP contribution in [0.25, 0.3) is 22.2 Å². The molecule has 0 spiro atoms. The summed E-state index contributed by atoms with van der Waals surface area (Å²) in [6.45, 7) is 4.39. The van der Waals surface area contributed by atoms with E-state index in [0.717, 1.165) is 28.2 Å². The number of aromatic carboxylic acids is 1. The highest BCUT2D eigenvalue weighted by atomic mass is 16.4. The number of H-pyrrole nitrogens is 1. The molecule has 2 aromatic heterocycles. The zero-order valence-electron chi connectivity index (χ0n) is 19.4. The summed E-state index contributed by atoms with van der Waals surface area (Å²) in [5.41, 5.74) is 5.36. The van der Waals surface area contributed by atoms with Crippen molar-refractivity contribution in [2.75, 3.05) is 0 Å². The molecule has 1 atom stereocenters. The van der Waals surface area contributed by atoms with Crippen molar-refractivity contribution in [3.63, 3.8) is 0 Å². The average molecular weight is 465 g/mol. The number of benzene rings is 3. The van der Waals surface area contributed by atoms with Crippen molar-refractivity contribution < 1.29 is 9.90 Å². The van der Waals surface area contributed by atoms with Gasteiger partial charge in [-0.05, 0) is 35.2 Å². The monoisotopic (exact) mass is 464 g/mol. The lowest BCUT2D eigenvalue weighted by Gasteiger charge is -2.12. The molecule has 2 N–H and O–H groups in total. The highest BCUT2D eigenvalue weighted by Crippen LogP contribution is 2.28. The van der Waals surface area contributed by atoms with Crippen LogP contribution in [0.2, 0.25) is 0 Å². The van der Waals surface area contributed by atoms with E-state index in [1.807, 2.05) is 72.2 Å². The molecule has 7 heteroatoms. The number of rotatable bonds is 6. The first-order chi connectivity index (χ1) is 16.9. The highest BCUT2D eigenvalue weighted by molar-refractivity contribution is 5.96. The quantitative estimate of drug-likeness (QED) is 0.369. The van der Waals surface area contributed by atoms with Crippen molar-refractivity contribution in [3.05, 3.63) is 117 Å². The van der Waals surface area contributed by atoms with E-state index >= 15 is 0 Å². The van der Waals surface area contributed by atoms with Gasteiger partial charge in [0.05, 0.1) is 11.3 Å². The molecule has 0 aliphatic rings. The Labute approximate surface area is 201 Å². The maximum Gasteiger partial charge on any atom is 0.336 e. The molecule has 0 amide bonds. The maximum absolute atomic E-state index is 12.8. The Morgan fingerprint density at radius 3 is 2.40 bits per heavy atom. The van der Waals surface area contributed by atoms with Crippen molar-refractivity contribution >= 4 is 17.0 Å². The SMILES string of the molecule is Cc1nc2c(C(C)c3ccccc3)n[nH]c(=O)c2n1Cc1ccc(-c2ccccc2C(=O)O)cc1. The van der Waals surface area contributed by atoms with Crippen molar-refractivity contribution in [1.29, 1.82) is 0 Å². The van der Waals surface area contributed by atoms with Gasteiger partial charge in [0.1, 0.15) is 16.9 Å². The van der Waals surface area contributed by atoms with Gasteiger partial charge in [0.2, 0.25) is 0 Å². The normalized spacial score (nSPS) is 12.1. The number of carbonyl (C=O) groups is 1. The molecule has 0 fully saturated rings. The predicted octanol–water partition coefficient (Wildman–Crippen LogP) is 4.99. The number of carboxylic acids is 1. The summed E-state index contributed by atoms with van der Waals surface area (Å²) in [5.74, 6) is -0.272. The molecular formula is C28H24N4O3. The van der Waals surface area contributed by atoms with Gasteiger partial charge in [-0.25, -0.2) is 14.9 Å². The van der Waals surface area contributed by atoms with Gasteiger partial charge in [-0.3, -0.25) is 4.79 Å². The van der Waals surface area contributed by atoms with Crippen LogP contribution >= 0.6 is 0 Å². The number of nitrogens with one attached hydrogen (secondary N) is 1. The third kappa shape index (κ3) is 4.12. The van der Waals surface area contributed by atoms with Crippen molar-refractivity contribution in [3.8, 4) is 11.1 Å². The van der Waals surface area contributed by atoms with E-state index in [-0.39, 0.29) is 17.0 Å². The first kappa shape index (κ1) is 22.3. The fourth-order valence-electron chi connectivity index (χ4n) is 4.48. The third-order valence-electron chi connectivity index (χ3n) is 6.37. The van der Waals surface area contributed by atoms with E-state index in [1.54, 1.807) is 18.2 Å². The molecule has 0 aliphatic heterocycles. The Balaban J connectivity index is 1.51. The number of aromatic amines is 1. The first-order valence-corrected chi connectivity index (χ1v) is 11.4. The Morgan fingerprint density at radius 2 is 1.69 bits per heavy atom. The Morgan fingerprint density at radius 1 is 1.00 bits per heavy atom. The molecule has 1 unspecified atom stereocenters. The van der Waals surface area contributed by atoms with E-state index in [9.17, 15) is 14.7 Å². The molecule has 2 heterocycles. The van der Waals surface area contributed by atoms with Crippen LogP contribution in [0.15, 0.2) is 83.7 Å². The van der Waals surface area contributed by atoms with E-state index < -0.39 is 5.97 Å². The van der Waals surface area contributed by atoms with Gasteiger partial charge < -0.3 is 9.67 Å². The zero-order valence-corrected chi connectivity index (χ0v) is 19.4.